The summed E-state index contributed by atoms with van der Waals surface area (Å²) in [6.07, 6.45) is 0. The summed E-state index contributed by atoms with van der Waals surface area (Å²) in [6, 6.07) is 7.14. The van der Waals surface area contributed by atoms with Crippen molar-refractivity contribution in [2.75, 3.05) is 20.7 Å². The molecule has 0 saturated heterocycles. The highest BCUT2D eigenvalue weighted by molar-refractivity contribution is 5.40. The van der Waals surface area contributed by atoms with E-state index in [9.17, 15) is 0 Å². The van der Waals surface area contributed by atoms with E-state index in [0.717, 1.165) is 5.75 Å². The number of nitrogens with zero attached hydrogens (tertiary/aromatic N) is 1. The number of hydrogen-bond donors (Lipinski definition) is 1. The summed E-state index contributed by atoms with van der Waals surface area (Å²) in [6.45, 7) is 9.38. The molecule has 108 valence electrons. The second kappa shape index (κ2) is 6.92. The Balaban J connectivity index is 3.15. The van der Waals surface area contributed by atoms with Crippen molar-refractivity contribution in [1.82, 2.24) is 4.90 Å². The van der Waals surface area contributed by atoms with E-state index in [4.69, 9.17) is 10.5 Å². The molecule has 1 unspecified atom stereocenters. The maximum atomic E-state index is 5.97. The molecule has 0 amide bonds. The zero-order valence-electron chi connectivity index (χ0n) is 13.1. The van der Waals surface area contributed by atoms with Gasteiger partial charge < -0.3 is 10.5 Å². The molecule has 0 radical (unpaired) electrons. The van der Waals surface area contributed by atoms with Crippen LogP contribution in [0.15, 0.2) is 18.2 Å². The molecule has 1 aromatic rings. The first-order chi connectivity index (χ1) is 8.92. The molecule has 0 fully saturated rings. The summed E-state index contributed by atoms with van der Waals surface area (Å²) in [5.41, 5.74) is 8.48. The van der Waals surface area contributed by atoms with Gasteiger partial charge in [-0.15, -0.1) is 0 Å². The van der Waals surface area contributed by atoms with Crippen molar-refractivity contribution in [3.8, 4) is 5.75 Å². The van der Waals surface area contributed by atoms with E-state index in [0.29, 0.717) is 18.5 Å². The van der Waals surface area contributed by atoms with Crippen LogP contribution in [-0.4, -0.2) is 31.6 Å². The molecule has 0 bridgehead atoms. The fourth-order valence-corrected chi connectivity index (χ4v) is 2.31. The predicted octanol–water partition coefficient (Wildman–Crippen LogP) is 3.16. The van der Waals surface area contributed by atoms with Crippen molar-refractivity contribution in [2.24, 2.45) is 5.73 Å². The number of methoxy groups -OCH3 is 1. The highest BCUT2D eigenvalue weighted by atomic mass is 16.5. The lowest BCUT2D eigenvalue weighted by Gasteiger charge is -2.31. The number of ether oxygens (including phenoxy) is 1. The maximum absolute atomic E-state index is 5.97. The third-order valence-corrected chi connectivity index (χ3v) is 3.79. The van der Waals surface area contributed by atoms with Crippen LogP contribution < -0.4 is 10.5 Å². The third kappa shape index (κ3) is 3.71. The lowest BCUT2D eigenvalue weighted by Crippen LogP contribution is -2.35. The molecule has 0 aliphatic heterocycles. The Labute approximate surface area is 117 Å². The van der Waals surface area contributed by atoms with Gasteiger partial charge in [-0.2, -0.15) is 0 Å². The van der Waals surface area contributed by atoms with Crippen LogP contribution in [0, 0.1) is 0 Å². The number of rotatable bonds is 6. The molecule has 1 rings (SSSR count). The van der Waals surface area contributed by atoms with Crippen LogP contribution in [0.5, 0.6) is 5.75 Å². The highest BCUT2D eigenvalue weighted by Crippen LogP contribution is 2.31. The summed E-state index contributed by atoms with van der Waals surface area (Å²) in [5, 5.41) is 0. The monoisotopic (exact) mass is 264 g/mol. The fraction of sp³-hybridized carbons (Fsp3) is 0.625. The molecule has 0 heterocycles. The molecule has 0 aliphatic rings. The lowest BCUT2D eigenvalue weighted by molar-refractivity contribution is 0.201. The van der Waals surface area contributed by atoms with Gasteiger partial charge in [0.1, 0.15) is 5.75 Å². The van der Waals surface area contributed by atoms with Crippen LogP contribution in [0.25, 0.3) is 0 Å². The van der Waals surface area contributed by atoms with Gasteiger partial charge in [0, 0.05) is 18.6 Å². The van der Waals surface area contributed by atoms with E-state index < -0.39 is 0 Å². The average Bonchev–Trinajstić information content (AvgIpc) is 2.39. The Morgan fingerprint density at radius 1 is 1.21 bits per heavy atom. The molecule has 2 N–H and O–H groups in total. The second-order valence-electron chi connectivity index (χ2n) is 5.67. The van der Waals surface area contributed by atoms with Gasteiger partial charge in [0.2, 0.25) is 0 Å². The Hall–Kier alpha value is -1.06. The smallest absolute Gasteiger partial charge is 0.122 e. The molecule has 3 heteroatoms. The summed E-state index contributed by atoms with van der Waals surface area (Å²) >= 11 is 0. The molecule has 19 heavy (non-hydrogen) atoms. The molecule has 1 aromatic carbocycles. The molecule has 0 saturated carbocycles. The molecule has 0 aliphatic carbocycles. The van der Waals surface area contributed by atoms with E-state index in [-0.39, 0.29) is 6.04 Å². The Morgan fingerprint density at radius 3 is 2.26 bits per heavy atom. The van der Waals surface area contributed by atoms with Crippen molar-refractivity contribution >= 4 is 0 Å². The Morgan fingerprint density at radius 2 is 1.84 bits per heavy atom. The summed E-state index contributed by atoms with van der Waals surface area (Å²) in [5.74, 6) is 1.40. The fourth-order valence-electron chi connectivity index (χ4n) is 2.31. The Kier molecular flexibility index (Phi) is 5.83. The molecule has 1 atom stereocenters. The minimum Gasteiger partial charge on any atom is -0.496 e. The first kappa shape index (κ1) is 16.0. The van der Waals surface area contributed by atoms with Crippen LogP contribution in [0.1, 0.15) is 50.8 Å². The molecule has 0 aromatic heterocycles. The Bertz CT molecular complexity index is 402. The predicted molar refractivity (Wildman–Crippen MR) is 81.8 cm³/mol. The van der Waals surface area contributed by atoms with Crippen molar-refractivity contribution < 1.29 is 4.74 Å². The quantitative estimate of drug-likeness (QED) is 0.857. The van der Waals surface area contributed by atoms with Gasteiger partial charge in [-0.25, -0.2) is 0 Å². The standard InChI is InChI=1S/C16H28N2O/c1-11(2)14-9-13(7-8-16(14)19-6)15(10-17)18(5)12(3)4/h7-9,11-12,15H,10,17H2,1-6H3. The van der Waals surface area contributed by atoms with Crippen molar-refractivity contribution in [1.29, 1.82) is 0 Å². The van der Waals surface area contributed by atoms with Gasteiger partial charge >= 0.3 is 0 Å². The number of benzene rings is 1. The van der Waals surface area contributed by atoms with Crippen molar-refractivity contribution in [3.05, 3.63) is 29.3 Å². The van der Waals surface area contributed by atoms with Gasteiger partial charge in [0.15, 0.2) is 0 Å². The molecular formula is C16H28N2O. The van der Waals surface area contributed by atoms with Gasteiger partial charge in [-0.3, -0.25) is 4.90 Å². The normalized spacial score (nSPS) is 13.4. The maximum Gasteiger partial charge on any atom is 0.122 e. The average molecular weight is 264 g/mol. The van der Waals surface area contributed by atoms with Crippen LogP contribution >= 0.6 is 0 Å². The van der Waals surface area contributed by atoms with Gasteiger partial charge in [0.25, 0.3) is 0 Å². The summed E-state index contributed by atoms with van der Waals surface area (Å²) in [7, 11) is 3.85. The lowest BCUT2D eigenvalue weighted by atomic mass is 9.95. The van der Waals surface area contributed by atoms with Crippen LogP contribution in [-0.2, 0) is 0 Å². The SMILES string of the molecule is COc1ccc(C(CN)N(C)C(C)C)cc1C(C)C. The zero-order valence-corrected chi connectivity index (χ0v) is 13.1. The van der Waals surface area contributed by atoms with E-state index in [1.54, 1.807) is 7.11 Å². The minimum atomic E-state index is 0.253. The highest BCUT2D eigenvalue weighted by Gasteiger charge is 2.19. The first-order valence-electron chi connectivity index (χ1n) is 7.02. The topological polar surface area (TPSA) is 38.5 Å². The first-order valence-corrected chi connectivity index (χ1v) is 7.02. The van der Waals surface area contributed by atoms with E-state index >= 15 is 0 Å². The second-order valence-corrected chi connectivity index (χ2v) is 5.67. The number of nitrogens with two attached hydrogens (primary N) is 1. The van der Waals surface area contributed by atoms with E-state index in [2.05, 4.69) is 57.8 Å². The number of hydrogen-bond acceptors (Lipinski definition) is 3. The zero-order chi connectivity index (χ0) is 14.6. The van der Waals surface area contributed by atoms with Crippen molar-refractivity contribution in [3.63, 3.8) is 0 Å². The van der Waals surface area contributed by atoms with Gasteiger partial charge in [0.05, 0.1) is 7.11 Å². The molecular weight excluding hydrogens is 236 g/mol. The minimum absolute atomic E-state index is 0.253. The van der Waals surface area contributed by atoms with Crippen molar-refractivity contribution in [2.45, 2.75) is 45.7 Å². The third-order valence-electron chi connectivity index (χ3n) is 3.79. The van der Waals surface area contributed by atoms with Gasteiger partial charge in [-0.1, -0.05) is 26.0 Å². The number of likely N-dealkylation sites (N-methyl/N-ethyl adjacent to an activating group) is 1. The summed E-state index contributed by atoms with van der Waals surface area (Å²) in [4.78, 5) is 2.31. The van der Waals surface area contributed by atoms with Crippen LogP contribution in [0.4, 0.5) is 0 Å². The molecule has 0 spiro atoms. The van der Waals surface area contributed by atoms with Crippen LogP contribution in [0.3, 0.4) is 0 Å². The molecule has 3 nitrogen and oxygen atoms in total. The van der Waals surface area contributed by atoms with E-state index in [1.165, 1.54) is 11.1 Å². The largest absolute Gasteiger partial charge is 0.496 e. The summed E-state index contributed by atoms with van der Waals surface area (Å²) < 4.78 is 5.44. The van der Waals surface area contributed by atoms with Crippen LogP contribution in [0.2, 0.25) is 0 Å². The van der Waals surface area contributed by atoms with Gasteiger partial charge in [-0.05, 0) is 44.0 Å². The van der Waals surface area contributed by atoms with E-state index in [1.807, 2.05) is 0 Å².